The highest BCUT2D eigenvalue weighted by Gasteiger charge is 2.29. The first-order valence-electron chi connectivity index (χ1n) is 5.78. The average molecular weight is 285 g/mol. The molecule has 0 fully saturated rings. The topological polar surface area (TPSA) is 110 Å². The fraction of sp³-hybridized carbons (Fsp3) is 0.455. The molecule has 2 atom stereocenters. The molecule has 104 valence electrons. The second kappa shape index (κ2) is 6.20. The number of nitrogens with one attached hydrogen (secondary N) is 1. The van der Waals surface area contributed by atoms with Gasteiger partial charge < -0.3 is 15.6 Å². The van der Waals surface area contributed by atoms with E-state index in [1.807, 2.05) is 0 Å². The van der Waals surface area contributed by atoms with Crippen molar-refractivity contribution in [3.63, 3.8) is 0 Å². The van der Waals surface area contributed by atoms with Crippen molar-refractivity contribution in [2.75, 3.05) is 18.9 Å². The lowest BCUT2D eigenvalue weighted by atomic mass is 10.4. The predicted molar refractivity (Wildman–Crippen MR) is 71.9 cm³/mol. The number of rotatable bonds is 5. The number of hydrogen-bond acceptors (Lipinski definition) is 6. The van der Waals surface area contributed by atoms with E-state index in [9.17, 15) is 9.59 Å². The second-order valence-corrected chi connectivity index (χ2v) is 5.10. The van der Waals surface area contributed by atoms with E-state index in [0.717, 1.165) is 4.91 Å². The Bertz CT molecular complexity index is 580. The molecular weight excluding hydrogens is 270 g/mol. The summed E-state index contributed by atoms with van der Waals surface area (Å²) in [4.78, 5) is 25.8. The Hall–Kier alpha value is -1.35. The molecule has 2 rings (SSSR count). The van der Waals surface area contributed by atoms with Gasteiger partial charge in [-0.1, -0.05) is 0 Å². The van der Waals surface area contributed by atoms with Gasteiger partial charge in [-0.05, 0) is 6.08 Å². The van der Waals surface area contributed by atoms with Crippen LogP contribution in [-0.2, 0) is 4.74 Å². The van der Waals surface area contributed by atoms with Gasteiger partial charge in [0.2, 0.25) is 0 Å². The maximum Gasteiger partial charge on any atom is 0.330 e. The van der Waals surface area contributed by atoms with Crippen LogP contribution in [0.1, 0.15) is 6.23 Å². The average Bonchev–Trinajstić information content (AvgIpc) is 2.79. The van der Waals surface area contributed by atoms with Crippen molar-refractivity contribution < 1.29 is 9.84 Å². The fourth-order valence-corrected chi connectivity index (χ4v) is 2.66. The lowest BCUT2D eigenvalue weighted by Gasteiger charge is -2.17. The van der Waals surface area contributed by atoms with Crippen molar-refractivity contribution in [2.45, 2.75) is 12.3 Å². The summed E-state index contributed by atoms with van der Waals surface area (Å²) < 4.78 is 6.85. The van der Waals surface area contributed by atoms with Gasteiger partial charge in [-0.3, -0.25) is 14.3 Å². The van der Waals surface area contributed by atoms with Crippen LogP contribution >= 0.6 is 11.8 Å². The minimum atomic E-state index is -0.627. The Balaban J connectivity index is 2.29. The van der Waals surface area contributed by atoms with Gasteiger partial charge in [-0.15, -0.1) is 11.8 Å². The van der Waals surface area contributed by atoms with Crippen LogP contribution in [0.3, 0.4) is 0 Å². The van der Waals surface area contributed by atoms with Crippen LogP contribution < -0.4 is 17.0 Å². The van der Waals surface area contributed by atoms with Gasteiger partial charge in [-0.2, -0.15) is 0 Å². The van der Waals surface area contributed by atoms with Gasteiger partial charge in [0.05, 0.1) is 6.61 Å². The predicted octanol–water partition coefficient (Wildman–Crippen LogP) is -0.998. The molecular formula is C11H15N3O4S. The molecule has 0 aliphatic carbocycles. The smallest absolute Gasteiger partial charge is 0.330 e. The molecule has 1 aromatic heterocycles. The van der Waals surface area contributed by atoms with E-state index in [4.69, 9.17) is 15.6 Å². The molecule has 4 N–H and O–H groups in total. The Morgan fingerprint density at radius 2 is 2.32 bits per heavy atom. The van der Waals surface area contributed by atoms with E-state index in [-0.39, 0.29) is 6.61 Å². The van der Waals surface area contributed by atoms with Crippen LogP contribution in [0.25, 0.3) is 0 Å². The number of H-pyrrole nitrogens is 1. The lowest BCUT2D eigenvalue weighted by molar-refractivity contribution is -0.0116. The zero-order valence-electron chi connectivity index (χ0n) is 10.1. The molecule has 19 heavy (non-hydrogen) atoms. The summed E-state index contributed by atoms with van der Waals surface area (Å²) in [6.07, 6.45) is 2.06. The molecule has 7 nitrogen and oxygen atoms in total. The Morgan fingerprint density at radius 3 is 2.95 bits per heavy atom. The standard InChI is InChI=1S/C11H15N3O4S/c12-2-4-19-8-5-7(6-15)18-10(8)14-3-1-9(16)13-11(14)17/h1,3,5,7,10,15H,2,4,6,12H2,(H,13,16,17)/t7-,10+/m0/s1. The van der Waals surface area contributed by atoms with Gasteiger partial charge >= 0.3 is 5.69 Å². The fourth-order valence-electron chi connectivity index (χ4n) is 1.74. The minimum absolute atomic E-state index is 0.165. The Labute approximate surface area is 113 Å². The number of aliphatic hydroxyl groups is 1. The van der Waals surface area contributed by atoms with Crippen molar-refractivity contribution in [3.05, 3.63) is 44.1 Å². The van der Waals surface area contributed by atoms with Gasteiger partial charge in [0.1, 0.15) is 6.10 Å². The van der Waals surface area contributed by atoms with Crippen LogP contribution in [0.2, 0.25) is 0 Å². The maximum atomic E-state index is 11.7. The van der Waals surface area contributed by atoms with Crippen molar-refractivity contribution in [2.24, 2.45) is 5.73 Å². The minimum Gasteiger partial charge on any atom is -0.393 e. The van der Waals surface area contributed by atoms with E-state index in [1.54, 1.807) is 6.08 Å². The van der Waals surface area contributed by atoms with Crippen LogP contribution in [0.15, 0.2) is 32.8 Å². The Morgan fingerprint density at radius 1 is 1.53 bits per heavy atom. The molecule has 0 amide bonds. The normalized spacial score (nSPS) is 22.5. The molecule has 0 spiro atoms. The van der Waals surface area contributed by atoms with Crippen LogP contribution in [0.5, 0.6) is 0 Å². The second-order valence-electron chi connectivity index (χ2n) is 3.93. The SMILES string of the molecule is NCCSC1=C[C@@H](CO)O[C@H]1n1ccc(=O)[nH]c1=O. The largest absolute Gasteiger partial charge is 0.393 e. The highest BCUT2D eigenvalue weighted by atomic mass is 32.2. The first-order chi connectivity index (χ1) is 9.15. The van der Waals surface area contributed by atoms with Gasteiger partial charge in [0, 0.05) is 29.5 Å². The summed E-state index contributed by atoms with van der Waals surface area (Å²) in [5.41, 5.74) is 4.45. The van der Waals surface area contributed by atoms with Crippen molar-refractivity contribution in [1.82, 2.24) is 9.55 Å². The highest BCUT2D eigenvalue weighted by Crippen LogP contribution is 2.35. The van der Waals surface area contributed by atoms with Crippen LogP contribution in [0.4, 0.5) is 0 Å². The summed E-state index contributed by atoms with van der Waals surface area (Å²) in [7, 11) is 0. The number of aromatic nitrogens is 2. The number of nitrogens with zero attached hydrogens (tertiary/aromatic N) is 1. The summed E-state index contributed by atoms with van der Waals surface area (Å²) >= 11 is 1.47. The molecule has 0 saturated heterocycles. The molecule has 0 unspecified atom stereocenters. The summed E-state index contributed by atoms with van der Waals surface area (Å²) in [6.45, 7) is 0.334. The number of aromatic amines is 1. The van der Waals surface area contributed by atoms with Gasteiger partial charge in [0.15, 0.2) is 6.23 Å². The van der Waals surface area contributed by atoms with E-state index in [0.29, 0.717) is 12.3 Å². The summed E-state index contributed by atoms with van der Waals surface area (Å²) in [5, 5.41) is 9.14. The van der Waals surface area contributed by atoms with Crippen molar-refractivity contribution in [3.8, 4) is 0 Å². The van der Waals surface area contributed by atoms with Gasteiger partial charge in [-0.25, -0.2) is 4.79 Å². The number of aliphatic hydroxyl groups excluding tert-OH is 1. The molecule has 1 aliphatic rings. The lowest BCUT2D eigenvalue weighted by Crippen LogP contribution is -2.32. The van der Waals surface area contributed by atoms with Gasteiger partial charge in [0.25, 0.3) is 5.56 Å². The molecule has 0 aromatic carbocycles. The molecule has 0 radical (unpaired) electrons. The van der Waals surface area contributed by atoms with E-state index in [1.165, 1.54) is 28.6 Å². The number of nitrogens with two attached hydrogens (primary N) is 1. The third kappa shape index (κ3) is 3.16. The third-order valence-electron chi connectivity index (χ3n) is 2.57. The quantitative estimate of drug-likeness (QED) is 0.640. The first kappa shape index (κ1) is 14.1. The van der Waals surface area contributed by atoms with Crippen LogP contribution in [0, 0.1) is 0 Å². The van der Waals surface area contributed by atoms with Crippen molar-refractivity contribution >= 4 is 11.8 Å². The zero-order valence-corrected chi connectivity index (χ0v) is 10.9. The highest BCUT2D eigenvalue weighted by molar-refractivity contribution is 8.03. The Kier molecular flexibility index (Phi) is 4.59. The van der Waals surface area contributed by atoms with E-state index >= 15 is 0 Å². The monoisotopic (exact) mass is 285 g/mol. The summed E-state index contributed by atoms with van der Waals surface area (Å²) in [5.74, 6) is 0.682. The third-order valence-corrected chi connectivity index (χ3v) is 3.68. The van der Waals surface area contributed by atoms with E-state index in [2.05, 4.69) is 4.98 Å². The molecule has 0 saturated carbocycles. The summed E-state index contributed by atoms with van der Waals surface area (Å²) in [6, 6.07) is 1.25. The van der Waals surface area contributed by atoms with Crippen LogP contribution in [-0.4, -0.2) is 39.7 Å². The first-order valence-corrected chi connectivity index (χ1v) is 6.76. The maximum absolute atomic E-state index is 11.7. The zero-order chi connectivity index (χ0) is 13.8. The molecule has 1 aromatic rings. The van der Waals surface area contributed by atoms with Crippen molar-refractivity contribution in [1.29, 1.82) is 0 Å². The van der Waals surface area contributed by atoms with E-state index < -0.39 is 23.6 Å². The molecule has 1 aliphatic heterocycles. The number of thioether (sulfide) groups is 1. The number of ether oxygens (including phenoxy) is 1. The molecule has 0 bridgehead atoms. The molecule has 2 heterocycles. The molecule has 8 heteroatoms. The number of hydrogen-bond donors (Lipinski definition) is 3.